The maximum atomic E-state index is 11.1. The summed E-state index contributed by atoms with van der Waals surface area (Å²) in [5.41, 5.74) is 1.70. The van der Waals surface area contributed by atoms with Crippen molar-refractivity contribution >= 4 is 21.2 Å². The van der Waals surface area contributed by atoms with Gasteiger partial charge in [0.05, 0.1) is 6.26 Å². The van der Waals surface area contributed by atoms with Crippen LogP contribution in [0.1, 0.15) is 0 Å². The minimum Gasteiger partial charge on any atom is -0.505 e. The number of hydrogen-bond donors (Lipinski definition) is 1. The zero-order chi connectivity index (χ0) is 15.0. The second-order valence-electron chi connectivity index (χ2n) is 4.42. The number of rotatable bonds is 3. The van der Waals surface area contributed by atoms with Gasteiger partial charge in [0.2, 0.25) is 0 Å². The van der Waals surface area contributed by atoms with Crippen molar-refractivity contribution in [2.45, 2.75) is 0 Å². The number of fused-ring (bicyclic) bond motifs is 1. The molecule has 0 atom stereocenters. The molecule has 0 aliphatic rings. The minimum absolute atomic E-state index is 0.0236. The summed E-state index contributed by atoms with van der Waals surface area (Å²) in [6, 6.07) is 11.4. The Morgan fingerprint density at radius 3 is 2.24 bits per heavy atom. The fraction of sp³-hybridized carbons (Fsp3) is 0.0769. The Kier molecular flexibility index (Phi) is 3.02. The first-order chi connectivity index (χ1) is 9.92. The Hall–Kier alpha value is -2.61. The van der Waals surface area contributed by atoms with Crippen molar-refractivity contribution in [1.82, 2.24) is 15.0 Å². The molecule has 1 aromatic heterocycles. The summed E-state index contributed by atoms with van der Waals surface area (Å²) >= 11 is 0. The van der Waals surface area contributed by atoms with Gasteiger partial charge >= 0.3 is 10.1 Å². The maximum absolute atomic E-state index is 11.1. The summed E-state index contributed by atoms with van der Waals surface area (Å²) in [7, 11) is -3.64. The van der Waals surface area contributed by atoms with Crippen molar-refractivity contribution in [3.05, 3.63) is 42.5 Å². The fourth-order valence-electron chi connectivity index (χ4n) is 1.87. The van der Waals surface area contributed by atoms with E-state index >= 15 is 0 Å². The van der Waals surface area contributed by atoms with Gasteiger partial charge in [-0.05, 0) is 24.3 Å². The van der Waals surface area contributed by atoms with E-state index < -0.39 is 10.1 Å². The topological polar surface area (TPSA) is 94.3 Å². The Balaban J connectivity index is 2.02. The normalized spacial score (nSPS) is 11.7. The third kappa shape index (κ3) is 2.79. The SMILES string of the molecule is CS(=O)(=O)Oc1ccc(-n2nc3ccccc3n2)c(O)c1. The van der Waals surface area contributed by atoms with E-state index in [-0.39, 0.29) is 11.5 Å². The van der Waals surface area contributed by atoms with Crippen molar-refractivity contribution in [1.29, 1.82) is 0 Å². The van der Waals surface area contributed by atoms with E-state index in [0.29, 0.717) is 16.7 Å². The highest BCUT2D eigenvalue weighted by Crippen LogP contribution is 2.27. The first-order valence-corrected chi connectivity index (χ1v) is 7.79. The molecule has 0 spiro atoms. The van der Waals surface area contributed by atoms with Gasteiger partial charge in [0.25, 0.3) is 0 Å². The van der Waals surface area contributed by atoms with Crippen LogP contribution in [0, 0.1) is 0 Å². The number of aromatic nitrogens is 3. The largest absolute Gasteiger partial charge is 0.505 e. The van der Waals surface area contributed by atoms with Crippen molar-refractivity contribution in [3.8, 4) is 17.2 Å². The number of benzene rings is 2. The molecule has 0 aliphatic heterocycles. The molecule has 3 rings (SSSR count). The third-order valence-electron chi connectivity index (χ3n) is 2.70. The molecule has 21 heavy (non-hydrogen) atoms. The lowest BCUT2D eigenvalue weighted by atomic mass is 10.3. The molecule has 0 aliphatic carbocycles. The average Bonchev–Trinajstić information content (AvgIpc) is 2.80. The van der Waals surface area contributed by atoms with E-state index in [0.717, 1.165) is 6.26 Å². The third-order valence-corrected chi connectivity index (χ3v) is 3.19. The second kappa shape index (κ2) is 4.74. The van der Waals surface area contributed by atoms with Crippen LogP contribution in [-0.4, -0.2) is 34.8 Å². The zero-order valence-corrected chi connectivity index (χ0v) is 11.8. The van der Waals surface area contributed by atoms with Gasteiger partial charge in [0.15, 0.2) is 0 Å². The standard InChI is InChI=1S/C13H11N3O4S/c1-21(18,19)20-9-6-7-12(13(17)8-9)16-14-10-4-2-3-5-11(10)15-16/h2-8,17H,1H3. The number of phenolic OH excluding ortho intramolecular Hbond substituents is 1. The van der Waals surface area contributed by atoms with Crippen molar-refractivity contribution < 1.29 is 17.7 Å². The molecule has 2 aromatic carbocycles. The van der Waals surface area contributed by atoms with Crippen LogP contribution in [0.5, 0.6) is 11.5 Å². The van der Waals surface area contributed by atoms with Crippen LogP contribution < -0.4 is 4.18 Å². The van der Waals surface area contributed by atoms with Crippen molar-refractivity contribution in [3.63, 3.8) is 0 Å². The van der Waals surface area contributed by atoms with Gasteiger partial charge in [-0.3, -0.25) is 0 Å². The molecule has 8 heteroatoms. The molecule has 0 fully saturated rings. The maximum Gasteiger partial charge on any atom is 0.306 e. The van der Waals surface area contributed by atoms with Crippen LogP contribution in [0.4, 0.5) is 0 Å². The molecule has 0 saturated heterocycles. The lowest BCUT2D eigenvalue weighted by Gasteiger charge is -2.06. The first kappa shape index (κ1) is 13.4. The molecule has 0 saturated carbocycles. The second-order valence-corrected chi connectivity index (χ2v) is 5.99. The van der Waals surface area contributed by atoms with Crippen LogP contribution in [0.15, 0.2) is 42.5 Å². The van der Waals surface area contributed by atoms with Crippen LogP contribution in [0.3, 0.4) is 0 Å². The first-order valence-electron chi connectivity index (χ1n) is 5.97. The van der Waals surface area contributed by atoms with Crippen LogP contribution in [0.25, 0.3) is 16.7 Å². The van der Waals surface area contributed by atoms with E-state index in [1.807, 2.05) is 12.1 Å². The van der Waals surface area contributed by atoms with Gasteiger partial charge in [0, 0.05) is 6.07 Å². The molecule has 0 bridgehead atoms. The smallest absolute Gasteiger partial charge is 0.306 e. The Morgan fingerprint density at radius 2 is 1.71 bits per heavy atom. The van der Waals surface area contributed by atoms with E-state index in [2.05, 4.69) is 10.2 Å². The van der Waals surface area contributed by atoms with Gasteiger partial charge in [-0.1, -0.05) is 12.1 Å². The molecule has 0 unspecified atom stereocenters. The summed E-state index contributed by atoms with van der Waals surface area (Å²) in [4.78, 5) is 1.28. The number of phenols is 1. The van der Waals surface area contributed by atoms with Gasteiger partial charge in [-0.15, -0.1) is 15.0 Å². The number of hydrogen-bond acceptors (Lipinski definition) is 6. The highest BCUT2D eigenvalue weighted by Gasteiger charge is 2.11. The summed E-state index contributed by atoms with van der Waals surface area (Å²) in [6.45, 7) is 0. The molecule has 0 radical (unpaired) electrons. The summed E-state index contributed by atoms with van der Waals surface area (Å²) in [6.07, 6.45) is 0.930. The van der Waals surface area contributed by atoms with E-state index in [1.165, 1.54) is 23.0 Å². The van der Waals surface area contributed by atoms with E-state index in [4.69, 9.17) is 4.18 Å². The highest BCUT2D eigenvalue weighted by atomic mass is 32.2. The predicted molar refractivity (Wildman–Crippen MR) is 76.0 cm³/mol. The minimum atomic E-state index is -3.64. The monoisotopic (exact) mass is 305 g/mol. The Morgan fingerprint density at radius 1 is 1.10 bits per heavy atom. The lowest BCUT2D eigenvalue weighted by molar-refractivity contribution is 0.459. The zero-order valence-electron chi connectivity index (χ0n) is 11.0. The van der Waals surface area contributed by atoms with Gasteiger partial charge in [0.1, 0.15) is 28.2 Å². The number of nitrogens with zero attached hydrogens (tertiary/aromatic N) is 3. The van der Waals surface area contributed by atoms with Crippen molar-refractivity contribution in [2.75, 3.05) is 6.26 Å². The molecule has 1 heterocycles. The predicted octanol–water partition coefficient (Wildman–Crippen LogP) is 1.46. The summed E-state index contributed by atoms with van der Waals surface area (Å²) in [5, 5.41) is 18.5. The van der Waals surface area contributed by atoms with E-state index in [1.54, 1.807) is 12.1 Å². The van der Waals surface area contributed by atoms with Crippen molar-refractivity contribution in [2.24, 2.45) is 0 Å². The Bertz CT molecular complexity index is 885. The summed E-state index contributed by atoms with van der Waals surface area (Å²) < 4.78 is 26.8. The molecule has 7 nitrogen and oxygen atoms in total. The Labute approximate surface area is 120 Å². The number of aromatic hydroxyl groups is 1. The molecule has 108 valence electrons. The van der Waals surface area contributed by atoms with Crippen LogP contribution >= 0.6 is 0 Å². The molecule has 0 amide bonds. The fourth-order valence-corrected chi connectivity index (χ4v) is 2.32. The van der Waals surface area contributed by atoms with E-state index in [9.17, 15) is 13.5 Å². The molecular weight excluding hydrogens is 294 g/mol. The van der Waals surface area contributed by atoms with Crippen LogP contribution in [0.2, 0.25) is 0 Å². The van der Waals surface area contributed by atoms with Gasteiger partial charge in [-0.25, -0.2) is 0 Å². The average molecular weight is 305 g/mol. The highest BCUT2D eigenvalue weighted by molar-refractivity contribution is 7.86. The molecule has 1 N–H and O–H groups in total. The molecular formula is C13H11N3O4S. The lowest BCUT2D eigenvalue weighted by Crippen LogP contribution is -2.06. The quantitative estimate of drug-likeness (QED) is 0.736. The van der Waals surface area contributed by atoms with Gasteiger partial charge in [-0.2, -0.15) is 8.42 Å². The van der Waals surface area contributed by atoms with Crippen LogP contribution in [-0.2, 0) is 10.1 Å². The molecule has 3 aromatic rings. The van der Waals surface area contributed by atoms with Gasteiger partial charge < -0.3 is 9.29 Å². The summed E-state index contributed by atoms with van der Waals surface area (Å²) in [5.74, 6) is -0.160.